The van der Waals surface area contributed by atoms with Crippen molar-refractivity contribution in [3.8, 4) is 0 Å². The second-order valence-corrected chi connectivity index (χ2v) is 6.58. The Bertz CT molecular complexity index is 1130. The number of carbonyl (C=O) groups excluding carboxylic acids is 3. The first-order valence-electron chi connectivity index (χ1n) is 8.92. The average Bonchev–Trinajstić information content (AvgIpc) is 3.32. The van der Waals surface area contributed by atoms with E-state index in [1.165, 1.54) is 13.1 Å². The van der Waals surface area contributed by atoms with E-state index in [-0.39, 0.29) is 17.6 Å². The fourth-order valence-electron chi connectivity index (χ4n) is 3.16. The van der Waals surface area contributed by atoms with Crippen molar-refractivity contribution in [2.75, 3.05) is 10.6 Å². The highest BCUT2D eigenvalue weighted by Gasteiger charge is 2.30. The monoisotopic (exact) mass is 387 g/mol. The van der Waals surface area contributed by atoms with E-state index in [0.717, 1.165) is 0 Å². The van der Waals surface area contributed by atoms with Crippen LogP contribution in [-0.2, 0) is 9.59 Å². The summed E-state index contributed by atoms with van der Waals surface area (Å²) < 4.78 is 0. The minimum absolute atomic E-state index is 0.205. The molecule has 144 valence electrons. The van der Waals surface area contributed by atoms with E-state index in [1.54, 1.807) is 54.7 Å². The maximum Gasteiger partial charge on any atom is 0.237 e. The van der Waals surface area contributed by atoms with Crippen molar-refractivity contribution >= 4 is 41.0 Å². The molecule has 1 aliphatic rings. The van der Waals surface area contributed by atoms with E-state index in [4.69, 9.17) is 0 Å². The van der Waals surface area contributed by atoms with Crippen LogP contribution in [0.3, 0.4) is 0 Å². The number of aromatic nitrogens is 2. The summed E-state index contributed by atoms with van der Waals surface area (Å²) in [5.74, 6) is -0.694. The summed E-state index contributed by atoms with van der Waals surface area (Å²) in [5.41, 5.74) is 2.77. The first-order valence-corrected chi connectivity index (χ1v) is 8.92. The van der Waals surface area contributed by atoms with Gasteiger partial charge in [-0.1, -0.05) is 12.1 Å². The lowest BCUT2D eigenvalue weighted by Gasteiger charge is -2.08. The first-order chi connectivity index (χ1) is 14.0. The molecule has 29 heavy (non-hydrogen) atoms. The summed E-state index contributed by atoms with van der Waals surface area (Å²) in [6, 6.07) is 13.5. The molecular weight excluding hydrogens is 370 g/mol. The first kappa shape index (κ1) is 18.3. The highest BCUT2D eigenvalue weighted by Crippen LogP contribution is 2.33. The van der Waals surface area contributed by atoms with E-state index < -0.39 is 5.92 Å². The summed E-state index contributed by atoms with van der Waals surface area (Å²) in [5, 5.41) is 12.0. The van der Waals surface area contributed by atoms with Gasteiger partial charge >= 0.3 is 0 Å². The largest absolute Gasteiger partial charge is 0.326 e. The van der Waals surface area contributed by atoms with Crippen molar-refractivity contribution in [1.82, 2.24) is 10.2 Å². The molecule has 0 saturated carbocycles. The molecule has 2 amide bonds. The van der Waals surface area contributed by atoms with Crippen molar-refractivity contribution < 1.29 is 14.4 Å². The van der Waals surface area contributed by atoms with Crippen LogP contribution in [0.2, 0.25) is 0 Å². The molecule has 8 heteroatoms. The van der Waals surface area contributed by atoms with Crippen LogP contribution in [0.25, 0.3) is 0 Å². The Morgan fingerprint density at radius 3 is 2.72 bits per heavy atom. The number of ketones is 1. The predicted octanol–water partition coefficient (Wildman–Crippen LogP) is 3.04. The minimum Gasteiger partial charge on any atom is -0.326 e. The Hall–Kier alpha value is -4.07. The lowest BCUT2D eigenvalue weighted by molar-refractivity contribution is -0.116. The van der Waals surface area contributed by atoms with Gasteiger partial charge in [-0.25, -0.2) is 4.99 Å². The topological polar surface area (TPSA) is 116 Å². The summed E-state index contributed by atoms with van der Waals surface area (Å²) >= 11 is 0. The smallest absolute Gasteiger partial charge is 0.237 e. The average molecular weight is 387 g/mol. The second-order valence-electron chi connectivity index (χ2n) is 6.58. The summed E-state index contributed by atoms with van der Waals surface area (Å²) in [4.78, 5) is 40.8. The molecule has 0 aliphatic carbocycles. The van der Waals surface area contributed by atoms with Gasteiger partial charge in [0.25, 0.3) is 0 Å². The third-order valence-corrected chi connectivity index (χ3v) is 4.48. The van der Waals surface area contributed by atoms with Crippen molar-refractivity contribution in [2.45, 2.75) is 12.8 Å². The molecule has 0 saturated heterocycles. The Balaban J connectivity index is 1.63. The van der Waals surface area contributed by atoms with Gasteiger partial charge in [-0.3, -0.25) is 19.5 Å². The van der Waals surface area contributed by atoms with Crippen LogP contribution >= 0.6 is 0 Å². The Kier molecular flexibility index (Phi) is 4.74. The molecule has 2 aromatic carbocycles. The molecule has 0 spiro atoms. The molecule has 4 rings (SSSR count). The van der Waals surface area contributed by atoms with Gasteiger partial charge in [0.2, 0.25) is 11.8 Å². The van der Waals surface area contributed by atoms with Crippen LogP contribution in [0.4, 0.5) is 17.2 Å². The number of nitrogens with one attached hydrogen (secondary N) is 3. The van der Waals surface area contributed by atoms with Crippen LogP contribution in [0.5, 0.6) is 0 Å². The molecule has 2 heterocycles. The van der Waals surface area contributed by atoms with Gasteiger partial charge in [-0.2, -0.15) is 5.10 Å². The molecule has 0 fully saturated rings. The summed E-state index contributed by atoms with van der Waals surface area (Å²) in [7, 11) is 0. The van der Waals surface area contributed by atoms with E-state index in [2.05, 4.69) is 25.8 Å². The number of amides is 2. The zero-order valence-corrected chi connectivity index (χ0v) is 15.5. The quantitative estimate of drug-likeness (QED) is 0.461. The number of anilines is 2. The highest BCUT2D eigenvalue weighted by atomic mass is 16.2. The summed E-state index contributed by atoms with van der Waals surface area (Å²) in [6.07, 6.45) is 3.10. The minimum atomic E-state index is -0.605. The van der Waals surface area contributed by atoms with Crippen molar-refractivity contribution in [3.05, 3.63) is 71.4 Å². The third-order valence-electron chi connectivity index (χ3n) is 4.48. The molecule has 0 bridgehead atoms. The number of hydrogen-bond acceptors (Lipinski definition) is 5. The van der Waals surface area contributed by atoms with Crippen LogP contribution in [0.1, 0.15) is 34.3 Å². The molecule has 1 aliphatic heterocycles. The number of fused-ring (bicyclic) bond motifs is 1. The number of aliphatic imine (C=N–C) groups is 1. The standard InChI is InChI=1S/C21H17N5O3/c1-12(27)24-15-4-2-3-13(9-15)20(28)14-5-6-18-16(10-14)17(21(29)25-18)11-22-19-7-8-23-26-19/h2-11,17H,1H3,(H,23,26)(H,24,27)(H,25,29). The number of benzene rings is 2. The van der Waals surface area contributed by atoms with Gasteiger partial charge in [-0.05, 0) is 35.9 Å². The molecule has 0 radical (unpaired) electrons. The van der Waals surface area contributed by atoms with Gasteiger partial charge < -0.3 is 10.6 Å². The number of aromatic amines is 1. The predicted molar refractivity (Wildman–Crippen MR) is 109 cm³/mol. The van der Waals surface area contributed by atoms with Gasteiger partial charge in [-0.15, -0.1) is 0 Å². The normalized spacial score (nSPS) is 15.2. The molecule has 1 atom stereocenters. The lowest BCUT2D eigenvalue weighted by Crippen LogP contribution is -2.13. The second kappa shape index (κ2) is 7.51. The van der Waals surface area contributed by atoms with E-state index in [0.29, 0.717) is 33.9 Å². The van der Waals surface area contributed by atoms with Crippen LogP contribution in [0, 0.1) is 0 Å². The SMILES string of the molecule is CC(=O)Nc1cccc(C(=O)c2ccc3c(c2)C(C=Nc2ccn[nH]2)C(=O)N3)c1. The van der Waals surface area contributed by atoms with E-state index in [9.17, 15) is 14.4 Å². The van der Waals surface area contributed by atoms with Crippen LogP contribution in [0.15, 0.2) is 59.7 Å². The molecule has 3 N–H and O–H groups in total. The Labute approximate surface area is 166 Å². The van der Waals surface area contributed by atoms with E-state index >= 15 is 0 Å². The molecule has 3 aromatic rings. The van der Waals surface area contributed by atoms with Gasteiger partial charge in [0.15, 0.2) is 5.78 Å². The van der Waals surface area contributed by atoms with Crippen LogP contribution < -0.4 is 10.6 Å². The number of H-pyrrole nitrogens is 1. The fraction of sp³-hybridized carbons (Fsp3) is 0.0952. The molecule has 8 nitrogen and oxygen atoms in total. The molecule has 1 unspecified atom stereocenters. The lowest BCUT2D eigenvalue weighted by atomic mass is 9.96. The Morgan fingerprint density at radius 2 is 1.97 bits per heavy atom. The van der Waals surface area contributed by atoms with Crippen LogP contribution in [-0.4, -0.2) is 34.0 Å². The van der Waals surface area contributed by atoms with E-state index in [1.807, 2.05) is 0 Å². The maximum atomic E-state index is 13.0. The fourth-order valence-corrected chi connectivity index (χ4v) is 3.16. The highest BCUT2D eigenvalue weighted by molar-refractivity contribution is 6.15. The van der Waals surface area contributed by atoms with Gasteiger partial charge in [0.1, 0.15) is 11.7 Å². The van der Waals surface area contributed by atoms with Gasteiger partial charge in [0, 0.05) is 41.7 Å². The molecular formula is C21H17N5O3. The molecule has 1 aromatic heterocycles. The number of rotatable bonds is 5. The Morgan fingerprint density at radius 1 is 1.14 bits per heavy atom. The van der Waals surface area contributed by atoms with Crippen molar-refractivity contribution in [2.24, 2.45) is 4.99 Å². The number of hydrogen-bond donors (Lipinski definition) is 3. The zero-order chi connectivity index (χ0) is 20.4. The number of carbonyl (C=O) groups is 3. The zero-order valence-electron chi connectivity index (χ0n) is 15.5. The summed E-state index contributed by atoms with van der Waals surface area (Å²) in [6.45, 7) is 1.41. The van der Waals surface area contributed by atoms with Crippen molar-refractivity contribution in [3.63, 3.8) is 0 Å². The van der Waals surface area contributed by atoms with Crippen molar-refractivity contribution in [1.29, 1.82) is 0 Å². The maximum absolute atomic E-state index is 13.0. The van der Waals surface area contributed by atoms with Gasteiger partial charge in [0.05, 0.1) is 6.20 Å². The number of nitrogens with zero attached hydrogens (tertiary/aromatic N) is 2. The third kappa shape index (κ3) is 3.81.